The van der Waals surface area contributed by atoms with Crippen LogP contribution >= 0.6 is 11.3 Å². The van der Waals surface area contributed by atoms with Crippen molar-refractivity contribution in [2.45, 2.75) is 20.8 Å². The molecule has 1 aromatic heterocycles. The molecule has 0 aliphatic heterocycles. The van der Waals surface area contributed by atoms with Gasteiger partial charge < -0.3 is 21.3 Å². The normalized spacial score (nSPS) is 11.7. The molecule has 0 spiro atoms. The van der Waals surface area contributed by atoms with Crippen LogP contribution in [0.15, 0.2) is 23.6 Å². The summed E-state index contributed by atoms with van der Waals surface area (Å²) in [7, 11) is 1.76. The molecule has 1 aromatic carbocycles. The number of amides is 3. The van der Waals surface area contributed by atoms with Crippen LogP contribution in [0.4, 0.5) is 10.7 Å². The Hall–Kier alpha value is -2.71. The first-order valence-electron chi connectivity index (χ1n) is 8.53. The number of benzene rings is 1. The van der Waals surface area contributed by atoms with Gasteiger partial charge in [0.25, 0.3) is 17.7 Å². The highest BCUT2D eigenvalue weighted by Gasteiger charge is 2.18. The second-order valence-corrected chi connectivity index (χ2v) is 7.62. The maximum atomic E-state index is 12.3. The average molecular weight is 390 g/mol. The van der Waals surface area contributed by atoms with Crippen LogP contribution in [0.25, 0.3) is 0 Å². The fraction of sp³-hybridized carbons (Fsp3) is 0.316. The number of nitrogens with two attached hydrogens (primary N) is 1. The van der Waals surface area contributed by atoms with Gasteiger partial charge in [0.15, 0.2) is 13.1 Å². The summed E-state index contributed by atoms with van der Waals surface area (Å²) in [5.41, 5.74) is 9.53. The van der Waals surface area contributed by atoms with E-state index in [1.165, 1.54) is 11.3 Å². The zero-order chi connectivity index (χ0) is 20.1. The van der Waals surface area contributed by atoms with Gasteiger partial charge in [0, 0.05) is 5.69 Å². The predicted molar refractivity (Wildman–Crippen MR) is 107 cm³/mol. The fourth-order valence-electron chi connectivity index (χ4n) is 2.94. The number of anilines is 2. The van der Waals surface area contributed by atoms with Gasteiger partial charge in [-0.25, -0.2) is 0 Å². The standard InChI is InChI=1S/C19H24N4O3S/c1-11-7-12(2)17(13(3)8-11)21-15(24)9-23(4)10-16(25)22-19-14(18(20)26)5-6-27-19/h5-8H,9-10H2,1-4H3,(H2,20,26)(H,21,24)(H,22,25)/p+1. The number of carbonyl (C=O) groups excluding carboxylic acids is 3. The maximum absolute atomic E-state index is 12.3. The predicted octanol–water partition coefficient (Wildman–Crippen LogP) is 0.864. The van der Waals surface area contributed by atoms with Crippen molar-refractivity contribution in [1.82, 2.24) is 0 Å². The van der Waals surface area contributed by atoms with Crippen LogP contribution in [-0.4, -0.2) is 37.9 Å². The highest BCUT2D eigenvalue weighted by Crippen LogP contribution is 2.22. The van der Waals surface area contributed by atoms with Crippen molar-refractivity contribution >= 4 is 39.7 Å². The number of quaternary nitrogens is 1. The van der Waals surface area contributed by atoms with Gasteiger partial charge >= 0.3 is 0 Å². The van der Waals surface area contributed by atoms with Crippen molar-refractivity contribution in [1.29, 1.82) is 0 Å². The number of likely N-dealkylation sites (N-methyl/N-ethyl adjacent to an activating group) is 1. The van der Waals surface area contributed by atoms with Crippen LogP contribution in [-0.2, 0) is 9.59 Å². The smallest absolute Gasteiger partial charge is 0.280 e. The van der Waals surface area contributed by atoms with E-state index in [4.69, 9.17) is 5.73 Å². The highest BCUT2D eigenvalue weighted by atomic mass is 32.1. The van der Waals surface area contributed by atoms with Crippen LogP contribution in [0.3, 0.4) is 0 Å². The minimum Gasteiger partial charge on any atom is -0.366 e. The molecule has 0 saturated heterocycles. The second-order valence-electron chi connectivity index (χ2n) is 6.71. The molecule has 2 aromatic rings. The second kappa shape index (κ2) is 8.79. The minimum atomic E-state index is -0.588. The maximum Gasteiger partial charge on any atom is 0.280 e. The quantitative estimate of drug-likeness (QED) is 0.564. The van der Waals surface area contributed by atoms with Gasteiger partial charge in [0.1, 0.15) is 5.00 Å². The first-order chi connectivity index (χ1) is 12.7. The lowest BCUT2D eigenvalue weighted by Crippen LogP contribution is -3.11. The van der Waals surface area contributed by atoms with Gasteiger partial charge in [-0.3, -0.25) is 14.4 Å². The Labute approximate surface area is 162 Å². The Kier molecular flexibility index (Phi) is 6.70. The van der Waals surface area contributed by atoms with E-state index in [1.54, 1.807) is 18.5 Å². The third-order valence-electron chi connectivity index (χ3n) is 4.05. The highest BCUT2D eigenvalue weighted by molar-refractivity contribution is 7.14. The Morgan fingerprint density at radius 3 is 2.15 bits per heavy atom. The summed E-state index contributed by atoms with van der Waals surface area (Å²) in [6.45, 7) is 6.16. The van der Waals surface area contributed by atoms with Gasteiger partial charge in [-0.05, 0) is 43.3 Å². The number of primary amides is 1. The van der Waals surface area contributed by atoms with Gasteiger partial charge in [-0.15, -0.1) is 11.3 Å². The Bertz CT molecular complexity index is 853. The monoisotopic (exact) mass is 389 g/mol. The largest absolute Gasteiger partial charge is 0.366 e. The van der Waals surface area contributed by atoms with Crippen molar-refractivity contribution < 1.29 is 19.3 Å². The Morgan fingerprint density at radius 2 is 1.59 bits per heavy atom. The number of rotatable bonds is 7. The summed E-state index contributed by atoms with van der Waals surface area (Å²) in [6.07, 6.45) is 0. The van der Waals surface area contributed by atoms with Gasteiger partial charge in [0.2, 0.25) is 0 Å². The molecule has 0 radical (unpaired) electrons. The number of carbonyl (C=O) groups is 3. The van der Waals surface area contributed by atoms with E-state index in [9.17, 15) is 14.4 Å². The molecule has 7 nitrogen and oxygen atoms in total. The first-order valence-corrected chi connectivity index (χ1v) is 9.41. The molecule has 0 saturated carbocycles. The van der Waals surface area contributed by atoms with Crippen molar-refractivity contribution in [3.63, 3.8) is 0 Å². The molecule has 1 atom stereocenters. The lowest BCUT2D eigenvalue weighted by Gasteiger charge is -2.16. The average Bonchev–Trinajstić information content (AvgIpc) is 2.98. The van der Waals surface area contributed by atoms with Crippen LogP contribution in [0.2, 0.25) is 0 Å². The van der Waals surface area contributed by atoms with Crippen LogP contribution in [0, 0.1) is 20.8 Å². The Balaban J connectivity index is 1.90. The first kappa shape index (κ1) is 20.6. The molecular weight excluding hydrogens is 364 g/mol. The summed E-state index contributed by atoms with van der Waals surface area (Å²) < 4.78 is 0. The lowest BCUT2D eigenvalue weighted by atomic mass is 10.1. The van der Waals surface area contributed by atoms with E-state index in [0.717, 1.165) is 27.3 Å². The summed E-state index contributed by atoms with van der Waals surface area (Å²) in [5.74, 6) is -1.03. The molecule has 0 aliphatic carbocycles. The SMILES string of the molecule is Cc1cc(C)c(NC(=O)C[NH+](C)CC(=O)Nc2sccc2C(N)=O)c(C)c1. The third kappa shape index (κ3) is 5.63. The number of hydrogen-bond donors (Lipinski definition) is 4. The third-order valence-corrected chi connectivity index (χ3v) is 4.88. The molecule has 27 heavy (non-hydrogen) atoms. The van der Waals surface area contributed by atoms with E-state index >= 15 is 0 Å². The van der Waals surface area contributed by atoms with Crippen molar-refractivity contribution in [2.75, 3.05) is 30.8 Å². The molecule has 2 rings (SSSR count). The zero-order valence-corrected chi connectivity index (χ0v) is 16.8. The molecule has 0 bridgehead atoms. The fourth-order valence-corrected chi connectivity index (χ4v) is 3.75. The van der Waals surface area contributed by atoms with Gasteiger partial charge in [-0.1, -0.05) is 17.7 Å². The summed E-state index contributed by atoms with van der Waals surface area (Å²) in [4.78, 5) is 36.5. The molecule has 5 N–H and O–H groups in total. The van der Waals surface area contributed by atoms with Crippen molar-refractivity contribution in [3.05, 3.63) is 45.8 Å². The van der Waals surface area contributed by atoms with E-state index in [1.807, 2.05) is 32.9 Å². The zero-order valence-electron chi connectivity index (χ0n) is 15.9. The van der Waals surface area contributed by atoms with E-state index in [0.29, 0.717) is 5.00 Å². The molecule has 1 heterocycles. The van der Waals surface area contributed by atoms with Crippen LogP contribution in [0.5, 0.6) is 0 Å². The molecule has 8 heteroatoms. The molecular formula is C19H25N4O3S+. The van der Waals surface area contributed by atoms with Crippen LogP contribution in [0.1, 0.15) is 27.0 Å². The number of aryl methyl sites for hydroxylation is 3. The molecule has 0 aliphatic rings. The van der Waals surface area contributed by atoms with Gasteiger partial charge in [0.05, 0.1) is 12.6 Å². The van der Waals surface area contributed by atoms with Crippen molar-refractivity contribution in [3.8, 4) is 0 Å². The molecule has 0 fully saturated rings. The summed E-state index contributed by atoms with van der Waals surface area (Å²) in [6, 6.07) is 5.60. The van der Waals surface area contributed by atoms with E-state index in [-0.39, 0.29) is 30.5 Å². The van der Waals surface area contributed by atoms with E-state index in [2.05, 4.69) is 10.6 Å². The number of nitrogens with one attached hydrogen (secondary N) is 3. The summed E-state index contributed by atoms with van der Waals surface area (Å²) >= 11 is 1.23. The number of thiophene rings is 1. The number of hydrogen-bond acceptors (Lipinski definition) is 4. The molecule has 144 valence electrons. The molecule has 1 unspecified atom stereocenters. The lowest BCUT2D eigenvalue weighted by molar-refractivity contribution is -0.862. The molecule has 3 amide bonds. The van der Waals surface area contributed by atoms with E-state index < -0.39 is 5.91 Å². The summed E-state index contributed by atoms with van der Waals surface area (Å²) in [5, 5.41) is 7.72. The topological polar surface area (TPSA) is 106 Å². The van der Waals surface area contributed by atoms with Gasteiger partial charge in [-0.2, -0.15) is 0 Å². The van der Waals surface area contributed by atoms with Crippen molar-refractivity contribution in [2.24, 2.45) is 5.73 Å². The van der Waals surface area contributed by atoms with Crippen LogP contribution < -0.4 is 21.3 Å². The Morgan fingerprint density at radius 1 is 1.04 bits per heavy atom. The minimum absolute atomic E-state index is 0.0926.